The first kappa shape index (κ1) is 15.7. The number of nitrogens with zero attached hydrogens (tertiary/aromatic N) is 1. The van der Waals surface area contributed by atoms with Crippen LogP contribution >= 0.6 is 0 Å². The predicted octanol–water partition coefficient (Wildman–Crippen LogP) is 1.04. The van der Waals surface area contributed by atoms with Crippen LogP contribution in [0.3, 0.4) is 0 Å². The van der Waals surface area contributed by atoms with Gasteiger partial charge in [-0.2, -0.15) is 0 Å². The molecule has 2 rings (SSSR count). The van der Waals surface area contributed by atoms with E-state index in [4.69, 9.17) is 0 Å². The van der Waals surface area contributed by atoms with Crippen LogP contribution in [0.2, 0.25) is 0 Å². The maximum atomic E-state index is 12.4. The number of hydrogen-bond acceptors (Lipinski definition) is 4. The molecule has 7 heteroatoms. The highest BCUT2D eigenvalue weighted by molar-refractivity contribution is 7.89. The van der Waals surface area contributed by atoms with E-state index in [1.165, 1.54) is 6.07 Å². The van der Waals surface area contributed by atoms with E-state index in [9.17, 15) is 13.5 Å². The lowest BCUT2D eigenvalue weighted by molar-refractivity contribution is 0.281. The van der Waals surface area contributed by atoms with E-state index in [1.807, 2.05) is 6.92 Å². The average molecular weight is 309 g/mol. The van der Waals surface area contributed by atoms with Crippen molar-refractivity contribution in [2.75, 3.05) is 6.54 Å². The number of aromatic nitrogens is 2. The average Bonchev–Trinajstić information content (AvgIpc) is 2.94. The third kappa shape index (κ3) is 3.69. The quantitative estimate of drug-likeness (QED) is 0.743. The van der Waals surface area contributed by atoms with Crippen molar-refractivity contribution in [1.29, 1.82) is 0 Å². The standard InChI is InChI=1S/C14H19N3O3S/c1-10-7-12(9-18)8-13(11(10)2)21(19,20)17-4-3-14-15-5-6-16-14/h5-8,17-18H,3-4,9H2,1-2H3,(H,15,16). The van der Waals surface area contributed by atoms with Crippen molar-refractivity contribution >= 4 is 10.0 Å². The van der Waals surface area contributed by atoms with Crippen molar-refractivity contribution in [3.05, 3.63) is 47.0 Å². The molecule has 1 heterocycles. The number of sulfonamides is 1. The van der Waals surface area contributed by atoms with Crippen LogP contribution < -0.4 is 4.72 Å². The van der Waals surface area contributed by atoms with E-state index >= 15 is 0 Å². The summed E-state index contributed by atoms with van der Waals surface area (Å²) in [6.45, 7) is 3.67. The molecule has 0 aliphatic rings. The van der Waals surface area contributed by atoms with Crippen LogP contribution in [0.25, 0.3) is 0 Å². The van der Waals surface area contributed by atoms with Crippen LogP contribution in [0, 0.1) is 13.8 Å². The van der Waals surface area contributed by atoms with Gasteiger partial charge in [0.1, 0.15) is 5.82 Å². The number of nitrogens with one attached hydrogen (secondary N) is 2. The van der Waals surface area contributed by atoms with Gasteiger partial charge >= 0.3 is 0 Å². The van der Waals surface area contributed by atoms with Gasteiger partial charge in [0.25, 0.3) is 0 Å². The Morgan fingerprint density at radius 2 is 2.10 bits per heavy atom. The van der Waals surface area contributed by atoms with Gasteiger partial charge in [0.05, 0.1) is 11.5 Å². The lowest BCUT2D eigenvalue weighted by Crippen LogP contribution is -2.27. The molecular formula is C14H19N3O3S. The second-order valence-electron chi connectivity index (χ2n) is 4.88. The van der Waals surface area contributed by atoms with E-state index in [2.05, 4.69) is 14.7 Å². The summed E-state index contributed by atoms with van der Waals surface area (Å²) in [6, 6.07) is 3.30. The second kappa shape index (κ2) is 6.38. The Balaban J connectivity index is 2.17. The molecule has 0 radical (unpaired) electrons. The third-order valence-corrected chi connectivity index (χ3v) is 4.95. The summed E-state index contributed by atoms with van der Waals surface area (Å²) < 4.78 is 27.3. The molecule has 0 fully saturated rings. The minimum atomic E-state index is -3.60. The number of aryl methyl sites for hydroxylation is 1. The number of rotatable bonds is 6. The van der Waals surface area contributed by atoms with E-state index in [0.717, 1.165) is 11.4 Å². The zero-order valence-electron chi connectivity index (χ0n) is 12.0. The molecule has 0 spiro atoms. The van der Waals surface area contributed by atoms with Crippen molar-refractivity contribution in [3.8, 4) is 0 Å². The minimum absolute atomic E-state index is 0.184. The highest BCUT2D eigenvalue weighted by Crippen LogP contribution is 2.21. The molecule has 1 aromatic carbocycles. The number of H-pyrrole nitrogens is 1. The molecule has 0 unspecified atom stereocenters. The Morgan fingerprint density at radius 3 is 2.71 bits per heavy atom. The molecule has 0 amide bonds. The summed E-state index contributed by atoms with van der Waals surface area (Å²) in [4.78, 5) is 7.18. The van der Waals surface area contributed by atoms with Crippen molar-refractivity contribution < 1.29 is 13.5 Å². The molecular weight excluding hydrogens is 290 g/mol. The maximum absolute atomic E-state index is 12.4. The number of aliphatic hydroxyl groups is 1. The topological polar surface area (TPSA) is 95.1 Å². The van der Waals surface area contributed by atoms with E-state index in [-0.39, 0.29) is 18.0 Å². The molecule has 2 aromatic rings. The Kier molecular flexibility index (Phi) is 4.76. The predicted molar refractivity (Wildman–Crippen MR) is 79.3 cm³/mol. The highest BCUT2D eigenvalue weighted by atomic mass is 32.2. The Bertz CT molecular complexity index is 709. The molecule has 6 nitrogen and oxygen atoms in total. The number of benzene rings is 1. The lowest BCUT2D eigenvalue weighted by atomic mass is 10.1. The summed E-state index contributed by atoms with van der Waals surface area (Å²) in [7, 11) is -3.60. The molecule has 0 saturated heterocycles. The molecule has 114 valence electrons. The van der Waals surface area contributed by atoms with Crippen LogP contribution in [0.1, 0.15) is 22.5 Å². The fourth-order valence-electron chi connectivity index (χ4n) is 2.09. The number of hydrogen-bond donors (Lipinski definition) is 3. The van der Waals surface area contributed by atoms with Gasteiger partial charge in [0, 0.05) is 25.4 Å². The van der Waals surface area contributed by atoms with Crippen LogP contribution in [0.5, 0.6) is 0 Å². The largest absolute Gasteiger partial charge is 0.392 e. The van der Waals surface area contributed by atoms with Crippen LogP contribution in [-0.4, -0.2) is 30.0 Å². The molecule has 1 aromatic heterocycles. The SMILES string of the molecule is Cc1cc(CO)cc(S(=O)(=O)NCCc2ncc[nH]2)c1C. The lowest BCUT2D eigenvalue weighted by Gasteiger charge is -2.12. The van der Waals surface area contributed by atoms with E-state index in [0.29, 0.717) is 17.5 Å². The third-order valence-electron chi connectivity index (χ3n) is 3.36. The smallest absolute Gasteiger partial charge is 0.240 e. The van der Waals surface area contributed by atoms with Gasteiger partial charge in [-0.25, -0.2) is 18.1 Å². The molecule has 0 atom stereocenters. The number of imidazole rings is 1. The summed E-state index contributed by atoms with van der Waals surface area (Å²) in [5, 5.41) is 9.22. The van der Waals surface area contributed by atoms with Crippen LogP contribution in [0.4, 0.5) is 0 Å². The Morgan fingerprint density at radius 1 is 1.33 bits per heavy atom. The Hall–Kier alpha value is -1.70. The van der Waals surface area contributed by atoms with E-state index < -0.39 is 10.0 Å². The summed E-state index contributed by atoms with van der Waals surface area (Å²) in [6.07, 6.45) is 3.81. The molecule has 3 N–H and O–H groups in total. The van der Waals surface area contributed by atoms with E-state index in [1.54, 1.807) is 25.4 Å². The molecule has 0 bridgehead atoms. The molecule has 0 aliphatic heterocycles. The number of aromatic amines is 1. The van der Waals surface area contributed by atoms with Gasteiger partial charge in [-0.1, -0.05) is 6.07 Å². The first-order valence-corrected chi connectivity index (χ1v) is 8.11. The second-order valence-corrected chi connectivity index (χ2v) is 6.61. The van der Waals surface area contributed by atoms with Gasteiger partial charge in [-0.3, -0.25) is 0 Å². The van der Waals surface area contributed by atoms with Gasteiger partial charge < -0.3 is 10.1 Å². The minimum Gasteiger partial charge on any atom is -0.392 e. The first-order valence-electron chi connectivity index (χ1n) is 6.63. The van der Waals surface area contributed by atoms with Crippen molar-refractivity contribution in [2.45, 2.75) is 31.8 Å². The first-order chi connectivity index (χ1) is 9.94. The van der Waals surface area contributed by atoms with Crippen LogP contribution in [0.15, 0.2) is 29.4 Å². The van der Waals surface area contributed by atoms with Gasteiger partial charge in [0.2, 0.25) is 10.0 Å². The molecule has 0 aliphatic carbocycles. The summed E-state index contributed by atoms with van der Waals surface area (Å²) in [5.41, 5.74) is 2.12. The number of aliphatic hydroxyl groups excluding tert-OH is 1. The maximum Gasteiger partial charge on any atom is 0.240 e. The molecule has 21 heavy (non-hydrogen) atoms. The fourth-order valence-corrected chi connectivity index (χ4v) is 3.48. The van der Waals surface area contributed by atoms with Crippen molar-refractivity contribution in [3.63, 3.8) is 0 Å². The van der Waals surface area contributed by atoms with Gasteiger partial charge in [-0.15, -0.1) is 0 Å². The monoisotopic (exact) mass is 309 g/mol. The van der Waals surface area contributed by atoms with Gasteiger partial charge in [0.15, 0.2) is 0 Å². The van der Waals surface area contributed by atoms with Crippen molar-refractivity contribution in [1.82, 2.24) is 14.7 Å². The van der Waals surface area contributed by atoms with Crippen molar-refractivity contribution in [2.24, 2.45) is 0 Å². The summed E-state index contributed by atoms with van der Waals surface area (Å²) in [5.74, 6) is 0.731. The van der Waals surface area contributed by atoms with Gasteiger partial charge in [-0.05, 0) is 36.6 Å². The zero-order chi connectivity index (χ0) is 15.5. The molecule has 0 saturated carbocycles. The van der Waals surface area contributed by atoms with Crippen LogP contribution in [-0.2, 0) is 23.1 Å². The highest BCUT2D eigenvalue weighted by Gasteiger charge is 2.18. The summed E-state index contributed by atoms with van der Waals surface area (Å²) >= 11 is 0. The fraction of sp³-hybridized carbons (Fsp3) is 0.357. The Labute approximate surface area is 124 Å². The normalized spacial score (nSPS) is 11.8. The zero-order valence-corrected chi connectivity index (χ0v) is 12.9.